The Morgan fingerprint density at radius 1 is 0.793 bits per heavy atom. The number of aromatic nitrogens is 5. The number of hydroxylamine groups is 1. The number of phenols is 1. The number of pyridine rings is 3. The van der Waals surface area contributed by atoms with E-state index < -0.39 is 23.4 Å². The van der Waals surface area contributed by atoms with Crippen LogP contribution in [-0.2, 0) is 39.0 Å². The number of primary amides is 1. The predicted molar refractivity (Wildman–Crippen MR) is 206 cm³/mol. The Bertz CT molecular complexity index is 2530. The molecular formula is C42H37F2N9O5. The lowest BCUT2D eigenvalue weighted by Gasteiger charge is -2.30. The van der Waals surface area contributed by atoms with Crippen molar-refractivity contribution in [2.24, 2.45) is 5.73 Å². The van der Waals surface area contributed by atoms with Gasteiger partial charge in [0, 0.05) is 92.9 Å². The van der Waals surface area contributed by atoms with E-state index in [0.29, 0.717) is 74.6 Å². The smallest absolute Gasteiger partial charge is 0.316 e. The van der Waals surface area contributed by atoms with Gasteiger partial charge < -0.3 is 20.4 Å². The molecule has 0 fully saturated rings. The first-order chi connectivity index (χ1) is 28.1. The molecule has 0 saturated carbocycles. The summed E-state index contributed by atoms with van der Waals surface area (Å²) < 4.78 is 36.3. The number of phenolic OH excluding ortho intramolecular Hbond substituents is 1. The number of rotatable bonds is 11. The van der Waals surface area contributed by atoms with Crippen LogP contribution in [0.3, 0.4) is 0 Å². The minimum absolute atomic E-state index is 0.000306. The molecule has 6 heterocycles. The molecule has 4 N–H and O–H groups in total. The van der Waals surface area contributed by atoms with Gasteiger partial charge in [0.05, 0.1) is 18.5 Å². The van der Waals surface area contributed by atoms with Gasteiger partial charge >= 0.3 is 11.9 Å². The number of nitrogens with two attached hydrogens (primary N) is 1. The lowest BCUT2D eigenvalue weighted by molar-refractivity contribution is 0.0752. The minimum atomic E-state index is -0.749. The first-order valence-electron chi connectivity index (χ1n) is 18.4. The van der Waals surface area contributed by atoms with Crippen LogP contribution in [0.4, 0.5) is 8.78 Å². The van der Waals surface area contributed by atoms with E-state index in [1.807, 2.05) is 12.1 Å². The standard InChI is InChI=1S/C42H37F2N9O5/c1-57-42-47-18-25(19-48-42)21-53-12-9-30-32(15-36(40(45)55)49-38(30)22-53)29-7-5-27(14-35(29)44)58-51-41(56)37-16-33(28-6-4-26(54)13-34(28)43)31-8-11-52(23-39(31)50-37)20-24-3-2-10-46-17-24/h2-7,10,13-19,54H,8-9,11-12,20-23H2,1H3,(H2,45,55)(H,51,56). The Kier molecular flexibility index (Phi) is 10.7. The fourth-order valence-corrected chi connectivity index (χ4v) is 7.38. The predicted octanol–water partition coefficient (Wildman–Crippen LogP) is 4.93. The molecule has 6 aromatic rings. The highest BCUT2D eigenvalue weighted by Gasteiger charge is 2.27. The molecule has 2 aromatic carbocycles. The molecule has 294 valence electrons. The van der Waals surface area contributed by atoms with Crippen LogP contribution in [0.25, 0.3) is 22.3 Å². The van der Waals surface area contributed by atoms with E-state index in [1.54, 1.807) is 24.8 Å². The van der Waals surface area contributed by atoms with Crippen LogP contribution in [0, 0.1) is 11.6 Å². The Morgan fingerprint density at radius 3 is 2.02 bits per heavy atom. The van der Waals surface area contributed by atoms with Crippen LogP contribution < -0.4 is 20.8 Å². The normalized spacial score (nSPS) is 14.0. The van der Waals surface area contributed by atoms with Crippen LogP contribution in [0.5, 0.6) is 17.5 Å². The van der Waals surface area contributed by atoms with Crippen molar-refractivity contribution in [2.45, 2.75) is 39.0 Å². The van der Waals surface area contributed by atoms with Crippen LogP contribution in [0.2, 0.25) is 0 Å². The van der Waals surface area contributed by atoms with Crippen LogP contribution >= 0.6 is 0 Å². The molecule has 0 radical (unpaired) electrons. The average Bonchev–Trinajstić information content (AvgIpc) is 3.22. The molecule has 0 spiro atoms. The zero-order valence-corrected chi connectivity index (χ0v) is 31.3. The Morgan fingerprint density at radius 2 is 1.41 bits per heavy atom. The second kappa shape index (κ2) is 16.3. The van der Waals surface area contributed by atoms with Crippen molar-refractivity contribution in [2.75, 3.05) is 20.2 Å². The summed E-state index contributed by atoms with van der Waals surface area (Å²) in [6, 6.07) is 15.1. The van der Waals surface area contributed by atoms with Crippen LogP contribution in [-0.4, -0.2) is 71.8 Å². The van der Waals surface area contributed by atoms with Crippen molar-refractivity contribution < 1.29 is 33.1 Å². The summed E-state index contributed by atoms with van der Waals surface area (Å²) in [4.78, 5) is 57.5. The molecule has 0 saturated heterocycles. The first-order valence-corrected chi connectivity index (χ1v) is 18.4. The molecule has 0 atom stereocenters. The molecule has 2 aliphatic rings. The van der Waals surface area contributed by atoms with Gasteiger partial charge in [-0.05, 0) is 83.1 Å². The third-order valence-electron chi connectivity index (χ3n) is 10.1. The number of hydrogen-bond acceptors (Lipinski definition) is 12. The number of methoxy groups -OCH3 is 1. The van der Waals surface area contributed by atoms with Crippen LogP contribution in [0.15, 0.2) is 85.5 Å². The summed E-state index contributed by atoms with van der Waals surface area (Å²) >= 11 is 0. The minimum Gasteiger partial charge on any atom is -0.508 e. The van der Waals surface area contributed by atoms with Crippen molar-refractivity contribution >= 4 is 11.8 Å². The molecule has 0 aliphatic carbocycles. The van der Waals surface area contributed by atoms with Crippen molar-refractivity contribution in [1.82, 2.24) is 40.2 Å². The van der Waals surface area contributed by atoms with Crippen molar-refractivity contribution in [3.05, 3.63) is 142 Å². The third kappa shape index (κ3) is 8.14. The second-order valence-corrected chi connectivity index (χ2v) is 14.0. The van der Waals surface area contributed by atoms with Gasteiger partial charge in [0.25, 0.3) is 5.91 Å². The number of fused-ring (bicyclic) bond motifs is 2. The zero-order chi connectivity index (χ0) is 40.3. The Hall–Kier alpha value is -6.91. The number of ether oxygens (including phenoxy) is 1. The molecule has 0 unspecified atom stereocenters. The molecular weight excluding hydrogens is 749 g/mol. The van der Waals surface area contributed by atoms with E-state index in [4.69, 9.17) is 15.3 Å². The van der Waals surface area contributed by atoms with Gasteiger partial charge in [-0.3, -0.25) is 24.4 Å². The number of nitrogens with one attached hydrogen (secondary N) is 1. The number of benzene rings is 2. The van der Waals surface area contributed by atoms with Gasteiger partial charge in [0.1, 0.15) is 28.8 Å². The number of aromatic hydroxyl groups is 1. The molecule has 2 amide bonds. The molecule has 16 heteroatoms. The van der Waals surface area contributed by atoms with Gasteiger partial charge in [-0.2, -0.15) is 5.48 Å². The number of amides is 2. The van der Waals surface area contributed by atoms with Crippen LogP contribution in [0.1, 0.15) is 54.6 Å². The van der Waals surface area contributed by atoms with E-state index in [2.05, 4.69) is 40.2 Å². The highest BCUT2D eigenvalue weighted by atomic mass is 19.1. The summed E-state index contributed by atoms with van der Waals surface area (Å²) in [5.41, 5.74) is 14.0. The second-order valence-electron chi connectivity index (χ2n) is 14.0. The summed E-state index contributed by atoms with van der Waals surface area (Å²) in [5.74, 6) is -3.04. The Balaban J connectivity index is 1.02. The molecule has 2 aliphatic heterocycles. The monoisotopic (exact) mass is 785 g/mol. The first kappa shape index (κ1) is 38.0. The summed E-state index contributed by atoms with van der Waals surface area (Å²) in [5, 5.41) is 9.87. The SMILES string of the molecule is COc1ncc(CN2CCc3c(-c4ccc(ONC(=O)c5cc(-c6ccc(O)cc6F)c6c(n5)CN(Cc5cccnc5)CC6)cc4F)cc(C(N)=O)nc3C2)cn1. The molecule has 14 nitrogen and oxygen atoms in total. The summed E-state index contributed by atoms with van der Waals surface area (Å²) in [6.07, 6.45) is 7.91. The lowest BCUT2D eigenvalue weighted by Crippen LogP contribution is -2.33. The maximum atomic E-state index is 16.0. The van der Waals surface area contributed by atoms with Crippen molar-refractivity contribution in [1.29, 1.82) is 0 Å². The van der Waals surface area contributed by atoms with E-state index in [1.165, 1.54) is 43.5 Å². The lowest BCUT2D eigenvalue weighted by atomic mass is 9.92. The van der Waals surface area contributed by atoms with Gasteiger partial charge in [0.2, 0.25) is 0 Å². The van der Waals surface area contributed by atoms with Gasteiger partial charge in [-0.25, -0.2) is 28.7 Å². The highest BCUT2D eigenvalue weighted by Crippen LogP contribution is 2.35. The fraction of sp³-hybridized carbons (Fsp3) is 0.214. The van der Waals surface area contributed by atoms with E-state index in [0.717, 1.165) is 34.4 Å². The average molecular weight is 786 g/mol. The fourth-order valence-electron chi connectivity index (χ4n) is 7.38. The Labute approximate surface area is 331 Å². The highest BCUT2D eigenvalue weighted by molar-refractivity contribution is 5.94. The van der Waals surface area contributed by atoms with Gasteiger partial charge in [0.15, 0.2) is 5.75 Å². The van der Waals surface area contributed by atoms with Crippen molar-refractivity contribution in [3.63, 3.8) is 0 Å². The molecule has 4 aromatic heterocycles. The molecule has 0 bridgehead atoms. The largest absolute Gasteiger partial charge is 0.508 e. The molecule has 58 heavy (non-hydrogen) atoms. The topological polar surface area (TPSA) is 182 Å². The number of nitrogens with zero attached hydrogens (tertiary/aromatic N) is 7. The van der Waals surface area contributed by atoms with E-state index in [9.17, 15) is 14.7 Å². The number of hydrogen-bond donors (Lipinski definition) is 3. The van der Waals surface area contributed by atoms with Gasteiger partial charge in [-0.15, -0.1) is 0 Å². The number of carbonyl (C=O) groups is 2. The van der Waals surface area contributed by atoms with Crippen molar-refractivity contribution in [3.8, 4) is 39.8 Å². The molecule has 8 rings (SSSR count). The number of carbonyl (C=O) groups excluding carboxylic acids is 2. The van der Waals surface area contributed by atoms with E-state index >= 15 is 8.78 Å². The third-order valence-corrected chi connectivity index (χ3v) is 10.1. The number of halogens is 2. The summed E-state index contributed by atoms with van der Waals surface area (Å²) in [7, 11) is 1.49. The maximum Gasteiger partial charge on any atom is 0.316 e. The summed E-state index contributed by atoms with van der Waals surface area (Å²) in [6.45, 7) is 3.18. The quantitative estimate of drug-likeness (QED) is 0.151. The van der Waals surface area contributed by atoms with Gasteiger partial charge in [-0.1, -0.05) is 6.07 Å². The maximum absolute atomic E-state index is 16.0. The zero-order valence-electron chi connectivity index (χ0n) is 31.3. The van der Waals surface area contributed by atoms with E-state index in [-0.39, 0.29) is 40.0 Å².